The molecule has 12 heteroatoms. The Morgan fingerprint density at radius 1 is 1.19 bits per heavy atom. The SMILES string of the molecule is COC(=O)CCCc1cc2nc(Cl)ccc2n1S(=O)(=O)c1ccc2c(c1)OC(F)(F)O2. The second kappa shape index (κ2) is 7.65. The van der Waals surface area contributed by atoms with Gasteiger partial charge in [0, 0.05) is 18.2 Å². The van der Waals surface area contributed by atoms with E-state index in [0.29, 0.717) is 17.6 Å². The number of aromatic nitrogens is 2. The average molecular weight is 473 g/mol. The van der Waals surface area contributed by atoms with E-state index in [1.807, 2.05) is 0 Å². The Morgan fingerprint density at radius 3 is 2.68 bits per heavy atom. The van der Waals surface area contributed by atoms with E-state index in [0.717, 1.165) is 22.2 Å². The van der Waals surface area contributed by atoms with Crippen molar-refractivity contribution in [1.82, 2.24) is 8.96 Å². The standard InChI is InChI=1S/C19H15ClF2N2O6S/c1-28-18(25)4-2-3-11-9-13-14(6-8-17(20)23-13)24(11)31(26,27)12-5-7-15-16(10-12)30-19(21,22)29-15/h5-10H,2-4H2,1H3. The molecular formula is C19H15ClF2N2O6S. The first-order valence-electron chi connectivity index (χ1n) is 9.00. The average Bonchev–Trinajstić information content (AvgIpc) is 3.21. The molecule has 1 aliphatic rings. The second-order valence-electron chi connectivity index (χ2n) is 6.65. The lowest BCUT2D eigenvalue weighted by atomic mass is 10.2. The fourth-order valence-electron chi connectivity index (χ4n) is 3.26. The number of alkyl halides is 2. The third-order valence-electron chi connectivity index (χ3n) is 4.60. The van der Waals surface area contributed by atoms with Crippen LogP contribution in [-0.2, 0) is 26.0 Å². The van der Waals surface area contributed by atoms with Crippen LogP contribution in [0.3, 0.4) is 0 Å². The molecule has 0 N–H and O–H groups in total. The number of carbonyl (C=O) groups is 1. The molecule has 0 aliphatic carbocycles. The van der Waals surface area contributed by atoms with Gasteiger partial charge in [0.05, 0.1) is 23.0 Å². The minimum Gasteiger partial charge on any atom is -0.469 e. The molecule has 31 heavy (non-hydrogen) atoms. The van der Waals surface area contributed by atoms with E-state index in [-0.39, 0.29) is 34.2 Å². The monoisotopic (exact) mass is 472 g/mol. The summed E-state index contributed by atoms with van der Waals surface area (Å²) < 4.78 is 67.9. The van der Waals surface area contributed by atoms with Gasteiger partial charge in [-0.1, -0.05) is 11.6 Å². The molecule has 0 radical (unpaired) electrons. The first kappa shape index (κ1) is 21.3. The molecule has 0 bridgehead atoms. The number of rotatable bonds is 6. The van der Waals surface area contributed by atoms with Crippen molar-refractivity contribution in [2.45, 2.75) is 30.5 Å². The van der Waals surface area contributed by atoms with Crippen LogP contribution in [0.1, 0.15) is 18.5 Å². The molecule has 0 fully saturated rings. The highest BCUT2D eigenvalue weighted by Crippen LogP contribution is 2.42. The minimum atomic E-state index is -4.24. The molecule has 1 aliphatic heterocycles. The highest BCUT2D eigenvalue weighted by atomic mass is 35.5. The second-order valence-corrected chi connectivity index (χ2v) is 8.82. The third kappa shape index (κ3) is 4.02. The number of carbonyl (C=O) groups excluding carboxylic acids is 1. The topological polar surface area (TPSA) is 96.7 Å². The van der Waals surface area contributed by atoms with Crippen molar-refractivity contribution in [3.05, 3.63) is 47.2 Å². The van der Waals surface area contributed by atoms with Crippen LogP contribution in [0.15, 0.2) is 41.3 Å². The predicted octanol–water partition coefficient (Wildman–Crippen LogP) is 3.74. The van der Waals surface area contributed by atoms with E-state index in [1.54, 1.807) is 6.07 Å². The summed E-state index contributed by atoms with van der Waals surface area (Å²) in [7, 11) is -2.98. The van der Waals surface area contributed by atoms with E-state index >= 15 is 0 Å². The molecule has 0 unspecified atom stereocenters. The Kier molecular flexibility index (Phi) is 5.26. The van der Waals surface area contributed by atoms with Crippen LogP contribution >= 0.6 is 11.6 Å². The number of fused-ring (bicyclic) bond motifs is 2. The molecule has 0 amide bonds. The quantitative estimate of drug-likeness (QED) is 0.398. The molecule has 164 valence electrons. The van der Waals surface area contributed by atoms with Crippen LogP contribution in [0.25, 0.3) is 11.0 Å². The molecule has 0 spiro atoms. The van der Waals surface area contributed by atoms with E-state index in [2.05, 4.69) is 19.2 Å². The summed E-state index contributed by atoms with van der Waals surface area (Å²) in [5.41, 5.74) is 0.925. The molecular weight excluding hydrogens is 458 g/mol. The van der Waals surface area contributed by atoms with Crippen molar-refractivity contribution >= 4 is 38.6 Å². The number of aryl methyl sites for hydroxylation is 1. The van der Waals surface area contributed by atoms with E-state index in [1.165, 1.54) is 19.2 Å². The number of esters is 1. The van der Waals surface area contributed by atoms with Crippen molar-refractivity contribution in [3.8, 4) is 11.5 Å². The number of ether oxygens (including phenoxy) is 3. The molecule has 8 nitrogen and oxygen atoms in total. The van der Waals surface area contributed by atoms with Gasteiger partial charge in [0.15, 0.2) is 11.5 Å². The first-order chi connectivity index (χ1) is 14.6. The largest absolute Gasteiger partial charge is 0.586 e. The van der Waals surface area contributed by atoms with Gasteiger partial charge in [0.2, 0.25) is 0 Å². The summed E-state index contributed by atoms with van der Waals surface area (Å²) in [6.07, 6.45) is -3.25. The van der Waals surface area contributed by atoms with Crippen molar-refractivity contribution in [2.75, 3.05) is 7.11 Å². The summed E-state index contributed by atoms with van der Waals surface area (Å²) in [6.45, 7) is 0. The van der Waals surface area contributed by atoms with Crippen molar-refractivity contribution < 1.29 is 36.2 Å². The zero-order chi connectivity index (χ0) is 22.4. The molecule has 3 aromatic rings. The summed E-state index contributed by atoms with van der Waals surface area (Å²) in [5, 5.41) is 0.175. The van der Waals surface area contributed by atoms with Crippen LogP contribution in [0.4, 0.5) is 8.78 Å². The Bertz CT molecular complexity index is 1290. The van der Waals surface area contributed by atoms with Gasteiger partial charge in [-0.3, -0.25) is 4.79 Å². The smallest absolute Gasteiger partial charge is 0.469 e. The van der Waals surface area contributed by atoms with Gasteiger partial charge < -0.3 is 14.2 Å². The number of halogens is 3. The first-order valence-corrected chi connectivity index (χ1v) is 10.8. The molecule has 4 rings (SSSR count). The summed E-state index contributed by atoms with van der Waals surface area (Å²) >= 11 is 5.93. The lowest BCUT2D eigenvalue weighted by Gasteiger charge is -2.12. The predicted molar refractivity (Wildman–Crippen MR) is 105 cm³/mol. The van der Waals surface area contributed by atoms with Gasteiger partial charge in [-0.15, -0.1) is 8.78 Å². The summed E-state index contributed by atoms with van der Waals surface area (Å²) in [5.74, 6) is -1.09. The summed E-state index contributed by atoms with van der Waals surface area (Å²) in [4.78, 5) is 15.3. The molecule has 2 aromatic heterocycles. The molecule has 0 saturated heterocycles. The maximum atomic E-state index is 13.5. The summed E-state index contributed by atoms with van der Waals surface area (Å²) in [6, 6.07) is 7.70. The number of hydrogen-bond acceptors (Lipinski definition) is 7. The van der Waals surface area contributed by atoms with Gasteiger partial charge >= 0.3 is 12.3 Å². The minimum absolute atomic E-state index is 0.0887. The lowest BCUT2D eigenvalue weighted by Crippen LogP contribution is -2.25. The fraction of sp³-hybridized carbons (Fsp3) is 0.263. The van der Waals surface area contributed by atoms with Gasteiger partial charge in [0.25, 0.3) is 10.0 Å². The molecule has 3 heterocycles. The van der Waals surface area contributed by atoms with Crippen molar-refractivity contribution in [1.29, 1.82) is 0 Å². The number of hydrogen-bond donors (Lipinski definition) is 0. The molecule has 1 aromatic carbocycles. The number of nitrogens with zero attached hydrogens (tertiary/aromatic N) is 2. The van der Waals surface area contributed by atoms with Gasteiger partial charge in [-0.05, 0) is 43.2 Å². The number of methoxy groups -OCH3 is 1. The maximum absolute atomic E-state index is 13.5. The van der Waals surface area contributed by atoms with Crippen molar-refractivity contribution in [2.24, 2.45) is 0 Å². The van der Waals surface area contributed by atoms with Gasteiger partial charge in [-0.2, -0.15) is 0 Å². The van der Waals surface area contributed by atoms with Crippen LogP contribution in [0.2, 0.25) is 5.15 Å². The van der Waals surface area contributed by atoms with E-state index in [9.17, 15) is 22.0 Å². The Hall–Kier alpha value is -2.92. The third-order valence-corrected chi connectivity index (χ3v) is 6.58. The normalized spacial score (nSPS) is 14.7. The Morgan fingerprint density at radius 2 is 1.94 bits per heavy atom. The zero-order valence-electron chi connectivity index (χ0n) is 16.0. The molecule has 0 saturated carbocycles. The van der Waals surface area contributed by atoms with E-state index in [4.69, 9.17) is 11.6 Å². The van der Waals surface area contributed by atoms with Crippen molar-refractivity contribution in [3.63, 3.8) is 0 Å². The zero-order valence-corrected chi connectivity index (χ0v) is 17.5. The number of benzene rings is 1. The Labute approximate surface area is 180 Å². The fourth-order valence-corrected chi connectivity index (χ4v) is 4.99. The van der Waals surface area contributed by atoms with Gasteiger partial charge in [-0.25, -0.2) is 17.4 Å². The van der Waals surface area contributed by atoms with Gasteiger partial charge in [0.1, 0.15) is 5.15 Å². The van der Waals surface area contributed by atoms with E-state index < -0.39 is 28.0 Å². The number of pyridine rings is 1. The van der Waals surface area contributed by atoms with Crippen LogP contribution in [-0.4, -0.2) is 36.7 Å². The maximum Gasteiger partial charge on any atom is 0.586 e. The van der Waals surface area contributed by atoms with Crippen LogP contribution in [0, 0.1) is 0 Å². The van der Waals surface area contributed by atoms with Crippen LogP contribution < -0.4 is 9.47 Å². The highest BCUT2D eigenvalue weighted by Gasteiger charge is 2.44. The molecule has 0 atom stereocenters. The van der Waals surface area contributed by atoms with Crippen LogP contribution in [0.5, 0.6) is 11.5 Å². The Balaban J connectivity index is 1.78. The lowest BCUT2D eigenvalue weighted by molar-refractivity contribution is -0.286. The highest BCUT2D eigenvalue weighted by molar-refractivity contribution is 7.90.